The van der Waals surface area contributed by atoms with Crippen LogP contribution < -0.4 is 19.5 Å². The minimum atomic E-state index is -0.328. The first-order valence-electron chi connectivity index (χ1n) is 8.56. The summed E-state index contributed by atoms with van der Waals surface area (Å²) in [7, 11) is 4.62. The molecule has 3 rings (SSSR count). The Balaban J connectivity index is 1.71. The molecule has 0 unspecified atom stereocenters. The summed E-state index contributed by atoms with van der Waals surface area (Å²) in [6, 6.07) is 6.91. The number of hydrogen-bond acceptors (Lipinski definition) is 6. The number of carbonyl (C=O) groups is 2. The van der Waals surface area contributed by atoms with Crippen molar-refractivity contribution in [1.82, 2.24) is 9.88 Å². The van der Waals surface area contributed by atoms with E-state index in [0.29, 0.717) is 23.1 Å². The fourth-order valence-corrected chi connectivity index (χ4v) is 2.83. The Labute approximate surface area is 162 Å². The highest BCUT2D eigenvalue weighted by Crippen LogP contribution is 2.32. The number of hydrogen-bond donors (Lipinski definition) is 1. The van der Waals surface area contributed by atoms with Crippen molar-refractivity contribution in [3.05, 3.63) is 47.8 Å². The number of fused-ring (bicyclic) bond motifs is 1. The van der Waals surface area contributed by atoms with Crippen LogP contribution in [-0.2, 0) is 16.0 Å². The van der Waals surface area contributed by atoms with E-state index in [0.717, 1.165) is 11.1 Å². The molecule has 146 valence electrons. The van der Waals surface area contributed by atoms with Crippen molar-refractivity contribution in [1.29, 1.82) is 0 Å². The van der Waals surface area contributed by atoms with Gasteiger partial charge in [0.2, 0.25) is 17.7 Å². The van der Waals surface area contributed by atoms with Gasteiger partial charge in [-0.25, -0.2) is 4.98 Å². The number of anilines is 1. The van der Waals surface area contributed by atoms with Crippen molar-refractivity contribution in [2.24, 2.45) is 0 Å². The molecule has 8 nitrogen and oxygen atoms in total. The Morgan fingerprint density at radius 1 is 1.14 bits per heavy atom. The van der Waals surface area contributed by atoms with Crippen molar-refractivity contribution in [3.63, 3.8) is 0 Å². The first kappa shape index (κ1) is 19.2. The van der Waals surface area contributed by atoms with Crippen LogP contribution in [0.1, 0.15) is 11.1 Å². The van der Waals surface area contributed by atoms with Crippen LogP contribution in [0.5, 0.6) is 17.4 Å². The first-order chi connectivity index (χ1) is 13.5. The average Bonchev–Trinajstić information content (AvgIpc) is 2.85. The highest BCUT2D eigenvalue weighted by Gasteiger charge is 2.21. The van der Waals surface area contributed by atoms with Gasteiger partial charge in [0.1, 0.15) is 6.54 Å². The molecule has 1 N–H and O–H groups in total. The van der Waals surface area contributed by atoms with Crippen molar-refractivity contribution < 1.29 is 23.8 Å². The maximum atomic E-state index is 12.6. The summed E-state index contributed by atoms with van der Waals surface area (Å²) >= 11 is 0. The Morgan fingerprint density at radius 2 is 1.89 bits per heavy atom. The van der Waals surface area contributed by atoms with Crippen LogP contribution in [0.2, 0.25) is 0 Å². The number of rotatable bonds is 6. The molecule has 0 atom stereocenters. The molecule has 2 aromatic rings. The second-order valence-electron chi connectivity index (χ2n) is 6.06. The number of aromatic nitrogens is 1. The molecular weight excluding hydrogens is 362 g/mol. The molecule has 1 aromatic carbocycles. The molecular formula is C20H21N3O5. The Morgan fingerprint density at radius 3 is 2.54 bits per heavy atom. The Kier molecular flexibility index (Phi) is 5.78. The van der Waals surface area contributed by atoms with Gasteiger partial charge in [0.15, 0.2) is 11.5 Å². The number of pyridine rings is 1. The summed E-state index contributed by atoms with van der Waals surface area (Å²) in [5, 5.41) is 2.71. The lowest BCUT2D eigenvalue weighted by atomic mass is 10.0. The number of nitrogens with one attached hydrogen (secondary N) is 1. The van der Waals surface area contributed by atoms with Crippen molar-refractivity contribution >= 4 is 23.6 Å². The number of amides is 2. The van der Waals surface area contributed by atoms with Gasteiger partial charge in [-0.1, -0.05) is 0 Å². The molecule has 2 heterocycles. The van der Waals surface area contributed by atoms with Gasteiger partial charge in [-0.2, -0.15) is 0 Å². The van der Waals surface area contributed by atoms with Crippen LogP contribution in [0.3, 0.4) is 0 Å². The topological polar surface area (TPSA) is 90.0 Å². The van der Waals surface area contributed by atoms with E-state index in [-0.39, 0.29) is 24.8 Å². The Hall–Kier alpha value is -3.55. The summed E-state index contributed by atoms with van der Waals surface area (Å²) in [4.78, 5) is 30.3. The summed E-state index contributed by atoms with van der Waals surface area (Å²) in [6.45, 7) is -0.108. The SMILES string of the molecule is COc1ccc(NC(=O)CN2C=Cc3cc(OC)c(OC)cc3CC2=O)cn1. The smallest absolute Gasteiger partial charge is 0.244 e. The van der Waals surface area contributed by atoms with E-state index in [1.807, 2.05) is 6.07 Å². The first-order valence-corrected chi connectivity index (χ1v) is 8.56. The molecule has 1 aliphatic heterocycles. The molecule has 0 bridgehead atoms. The van der Waals surface area contributed by atoms with E-state index in [1.165, 1.54) is 18.2 Å². The molecule has 0 saturated heterocycles. The van der Waals surface area contributed by atoms with Gasteiger partial charge in [-0.15, -0.1) is 0 Å². The number of methoxy groups -OCH3 is 3. The predicted octanol–water partition coefficient (Wildman–Crippen LogP) is 2.10. The lowest BCUT2D eigenvalue weighted by Crippen LogP contribution is -2.34. The Bertz CT molecular complexity index is 909. The maximum Gasteiger partial charge on any atom is 0.244 e. The third-order valence-corrected chi connectivity index (χ3v) is 4.28. The van der Waals surface area contributed by atoms with E-state index in [1.54, 1.807) is 44.7 Å². The van der Waals surface area contributed by atoms with Crippen LogP contribution in [0.15, 0.2) is 36.7 Å². The molecule has 0 fully saturated rings. The summed E-state index contributed by atoms with van der Waals surface area (Å²) < 4.78 is 15.6. The van der Waals surface area contributed by atoms with E-state index in [4.69, 9.17) is 14.2 Å². The maximum absolute atomic E-state index is 12.6. The quantitative estimate of drug-likeness (QED) is 0.822. The molecule has 8 heteroatoms. The van der Waals surface area contributed by atoms with E-state index < -0.39 is 0 Å². The van der Waals surface area contributed by atoms with Crippen LogP contribution in [-0.4, -0.2) is 49.6 Å². The minimum absolute atomic E-state index is 0.108. The zero-order chi connectivity index (χ0) is 20.1. The predicted molar refractivity (Wildman–Crippen MR) is 103 cm³/mol. The third-order valence-electron chi connectivity index (χ3n) is 4.28. The number of ether oxygens (including phenoxy) is 3. The van der Waals surface area contributed by atoms with Crippen LogP contribution in [0, 0.1) is 0 Å². The second-order valence-corrected chi connectivity index (χ2v) is 6.06. The van der Waals surface area contributed by atoms with Crippen molar-refractivity contribution in [3.8, 4) is 17.4 Å². The summed E-state index contributed by atoms with van der Waals surface area (Å²) in [5.74, 6) is 1.07. The third kappa shape index (κ3) is 4.22. The van der Waals surface area contributed by atoms with Gasteiger partial charge in [-0.05, 0) is 35.4 Å². The van der Waals surface area contributed by atoms with E-state index in [2.05, 4.69) is 10.3 Å². The monoisotopic (exact) mass is 383 g/mol. The van der Waals surface area contributed by atoms with Crippen LogP contribution in [0.25, 0.3) is 6.08 Å². The highest BCUT2D eigenvalue weighted by atomic mass is 16.5. The molecule has 0 saturated carbocycles. The zero-order valence-electron chi connectivity index (χ0n) is 15.9. The molecule has 1 aromatic heterocycles. The van der Waals surface area contributed by atoms with Gasteiger partial charge < -0.3 is 24.4 Å². The van der Waals surface area contributed by atoms with Crippen LogP contribution >= 0.6 is 0 Å². The molecule has 0 spiro atoms. The lowest BCUT2D eigenvalue weighted by molar-refractivity contribution is -0.131. The summed E-state index contributed by atoms with van der Waals surface area (Å²) in [5.41, 5.74) is 2.17. The van der Waals surface area contributed by atoms with Crippen LogP contribution in [0.4, 0.5) is 5.69 Å². The van der Waals surface area contributed by atoms with E-state index >= 15 is 0 Å². The molecule has 0 radical (unpaired) electrons. The molecule has 28 heavy (non-hydrogen) atoms. The summed E-state index contributed by atoms with van der Waals surface area (Å²) in [6.07, 6.45) is 5.03. The van der Waals surface area contributed by atoms with Gasteiger partial charge in [0, 0.05) is 12.3 Å². The fourth-order valence-electron chi connectivity index (χ4n) is 2.83. The normalized spacial score (nSPS) is 12.8. The lowest BCUT2D eigenvalue weighted by Gasteiger charge is -2.17. The number of nitrogens with zero attached hydrogens (tertiary/aromatic N) is 2. The highest BCUT2D eigenvalue weighted by molar-refractivity contribution is 5.95. The molecule has 0 aliphatic carbocycles. The van der Waals surface area contributed by atoms with Crippen molar-refractivity contribution in [2.45, 2.75) is 6.42 Å². The number of benzene rings is 1. The minimum Gasteiger partial charge on any atom is -0.493 e. The zero-order valence-corrected chi connectivity index (χ0v) is 15.9. The van der Waals surface area contributed by atoms with Crippen molar-refractivity contribution in [2.75, 3.05) is 33.2 Å². The van der Waals surface area contributed by atoms with Gasteiger partial charge >= 0.3 is 0 Å². The largest absolute Gasteiger partial charge is 0.493 e. The standard InChI is InChI=1S/C20H21N3O5/c1-26-16-8-13-6-7-23(20(25)10-14(13)9-17(16)27-2)12-18(24)22-15-4-5-19(28-3)21-11-15/h4-9,11H,10,12H2,1-3H3,(H,22,24). The number of carbonyl (C=O) groups excluding carboxylic acids is 2. The average molecular weight is 383 g/mol. The second kappa shape index (κ2) is 8.43. The van der Waals surface area contributed by atoms with Gasteiger partial charge in [-0.3, -0.25) is 9.59 Å². The molecule has 2 amide bonds. The van der Waals surface area contributed by atoms with E-state index in [9.17, 15) is 9.59 Å². The van der Waals surface area contributed by atoms with Gasteiger partial charge in [0.05, 0.1) is 39.6 Å². The molecule has 1 aliphatic rings. The van der Waals surface area contributed by atoms with Gasteiger partial charge in [0.25, 0.3) is 0 Å². The fraction of sp³-hybridized carbons (Fsp3) is 0.250.